The highest BCUT2D eigenvalue weighted by atomic mass is 16.6. The third-order valence-electron chi connectivity index (χ3n) is 4.04. The van der Waals surface area contributed by atoms with Gasteiger partial charge >= 0.3 is 0 Å². The van der Waals surface area contributed by atoms with Crippen LogP contribution in [0.3, 0.4) is 0 Å². The van der Waals surface area contributed by atoms with Gasteiger partial charge in [-0.05, 0) is 31.5 Å². The van der Waals surface area contributed by atoms with E-state index in [-0.39, 0.29) is 23.9 Å². The van der Waals surface area contributed by atoms with Crippen molar-refractivity contribution in [1.29, 1.82) is 0 Å². The van der Waals surface area contributed by atoms with Gasteiger partial charge in [-0.25, -0.2) is 0 Å². The van der Waals surface area contributed by atoms with E-state index in [0.717, 1.165) is 6.42 Å². The molecule has 2 heterocycles. The number of rotatable bonds is 9. The van der Waals surface area contributed by atoms with Crippen LogP contribution in [0.5, 0.6) is 5.75 Å². The van der Waals surface area contributed by atoms with Gasteiger partial charge in [-0.15, -0.1) is 0 Å². The second-order valence-corrected chi connectivity index (χ2v) is 5.98. The summed E-state index contributed by atoms with van der Waals surface area (Å²) in [5.74, 6) is 0.569. The molecule has 1 amide bonds. The van der Waals surface area contributed by atoms with Crippen molar-refractivity contribution in [2.45, 2.75) is 26.5 Å². The number of amides is 1. The van der Waals surface area contributed by atoms with Crippen LogP contribution in [0.4, 0.5) is 5.69 Å². The molecule has 0 unspecified atom stereocenters. The van der Waals surface area contributed by atoms with E-state index in [2.05, 4.69) is 15.6 Å². The Bertz CT molecular complexity index is 934. The highest BCUT2D eigenvalue weighted by molar-refractivity contribution is 5.93. The van der Waals surface area contributed by atoms with Gasteiger partial charge in [0.25, 0.3) is 11.6 Å². The summed E-state index contributed by atoms with van der Waals surface area (Å²) < 4.78 is 12.5. The number of carbonyl (C=O) groups excluding carboxylic acids is 1. The number of hydrogen-bond donors (Lipinski definition) is 1. The van der Waals surface area contributed by atoms with Crippen LogP contribution in [0.15, 0.2) is 47.2 Å². The summed E-state index contributed by atoms with van der Waals surface area (Å²) in [6, 6.07) is 7.53. The summed E-state index contributed by atoms with van der Waals surface area (Å²) in [7, 11) is 0. The van der Waals surface area contributed by atoms with Crippen molar-refractivity contribution in [3.05, 3.63) is 69.9 Å². The van der Waals surface area contributed by atoms with Crippen molar-refractivity contribution >= 4 is 11.6 Å². The molecule has 1 N–H and O–H groups in total. The fourth-order valence-corrected chi connectivity index (χ4v) is 2.52. The first kappa shape index (κ1) is 19.1. The number of carbonyl (C=O) groups is 1. The molecule has 0 saturated heterocycles. The van der Waals surface area contributed by atoms with Gasteiger partial charge in [-0.3, -0.25) is 19.6 Å². The monoisotopic (exact) mass is 385 g/mol. The molecular formula is C18H19N5O5. The van der Waals surface area contributed by atoms with Gasteiger partial charge in [0.15, 0.2) is 5.69 Å². The molecular weight excluding hydrogens is 366 g/mol. The van der Waals surface area contributed by atoms with Gasteiger partial charge in [0.05, 0.1) is 10.5 Å². The molecule has 0 atom stereocenters. The molecule has 0 aliphatic rings. The Kier molecular flexibility index (Phi) is 6.00. The zero-order chi connectivity index (χ0) is 19.9. The second-order valence-electron chi connectivity index (χ2n) is 5.98. The van der Waals surface area contributed by atoms with Crippen LogP contribution in [0, 0.1) is 17.0 Å². The Labute approximate surface area is 160 Å². The quantitative estimate of drug-likeness (QED) is 0.341. The summed E-state index contributed by atoms with van der Waals surface area (Å²) in [6.45, 7) is 2.91. The van der Waals surface area contributed by atoms with Crippen LogP contribution in [-0.2, 0) is 13.2 Å². The molecule has 3 rings (SSSR count). The molecule has 0 aliphatic heterocycles. The molecule has 2 aromatic heterocycles. The summed E-state index contributed by atoms with van der Waals surface area (Å²) in [5.41, 5.74) is 0.671. The third-order valence-corrected chi connectivity index (χ3v) is 4.04. The van der Waals surface area contributed by atoms with Crippen molar-refractivity contribution < 1.29 is 19.0 Å². The predicted octanol–water partition coefficient (Wildman–Crippen LogP) is 2.49. The Morgan fingerprint density at radius 1 is 1.36 bits per heavy atom. The Morgan fingerprint density at radius 2 is 2.14 bits per heavy atom. The number of non-ortho nitro benzene ring substituents is 1. The number of hydrogen-bond acceptors (Lipinski definition) is 7. The highest BCUT2D eigenvalue weighted by Crippen LogP contribution is 2.20. The minimum absolute atomic E-state index is 0.0244. The molecule has 146 valence electrons. The van der Waals surface area contributed by atoms with Crippen molar-refractivity contribution in [2.75, 3.05) is 6.54 Å². The Balaban J connectivity index is 1.54. The van der Waals surface area contributed by atoms with Crippen LogP contribution in [0.2, 0.25) is 0 Å². The molecule has 0 bridgehead atoms. The van der Waals surface area contributed by atoms with Gasteiger partial charge in [-0.2, -0.15) is 5.10 Å². The van der Waals surface area contributed by atoms with Crippen molar-refractivity contribution in [3.63, 3.8) is 0 Å². The van der Waals surface area contributed by atoms with Gasteiger partial charge in [0, 0.05) is 37.6 Å². The average molecular weight is 385 g/mol. The molecule has 0 saturated carbocycles. The molecule has 10 nitrogen and oxygen atoms in total. The van der Waals surface area contributed by atoms with E-state index < -0.39 is 4.92 Å². The number of nitro benzene ring substituents is 1. The number of aromatic nitrogens is 3. The van der Waals surface area contributed by atoms with Crippen molar-refractivity contribution in [1.82, 2.24) is 20.3 Å². The van der Waals surface area contributed by atoms with Crippen LogP contribution >= 0.6 is 0 Å². The summed E-state index contributed by atoms with van der Waals surface area (Å²) in [4.78, 5) is 22.6. The summed E-state index contributed by atoms with van der Waals surface area (Å²) in [5, 5.41) is 21.4. The lowest BCUT2D eigenvalue weighted by atomic mass is 10.2. The lowest BCUT2D eigenvalue weighted by Gasteiger charge is -2.07. The van der Waals surface area contributed by atoms with E-state index >= 15 is 0 Å². The number of aryl methyl sites for hydroxylation is 2. The number of ether oxygens (including phenoxy) is 1. The maximum atomic E-state index is 12.4. The van der Waals surface area contributed by atoms with Crippen LogP contribution < -0.4 is 10.1 Å². The van der Waals surface area contributed by atoms with E-state index in [0.29, 0.717) is 30.2 Å². The standard InChI is InChI=1S/C18H19N5O5/c1-13-16(12-27-15-6-4-14(5-7-15)23(25)26)17(21-28-13)18(24)19-8-2-10-22-11-3-9-20-22/h3-7,9,11H,2,8,10,12H2,1H3,(H,19,24). The number of benzene rings is 1. The second kappa shape index (κ2) is 8.80. The minimum Gasteiger partial charge on any atom is -0.489 e. The topological polar surface area (TPSA) is 125 Å². The smallest absolute Gasteiger partial charge is 0.273 e. The van der Waals surface area contributed by atoms with Crippen molar-refractivity contribution in [2.24, 2.45) is 0 Å². The SMILES string of the molecule is Cc1onc(C(=O)NCCCn2cccn2)c1COc1ccc([N+](=O)[O-])cc1. The third kappa shape index (κ3) is 4.72. The van der Waals surface area contributed by atoms with E-state index in [4.69, 9.17) is 9.26 Å². The zero-order valence-electron chi connectivity index (χ0n) is 15.2. The highest BCUT2D eigenvalue weighted by Gasteiger charge is 2.20. The minimum atomic E-state index is -0.483. The molecule has 10 heteroatoms. The Morgan fingerprint density at radius 3 is 2.82 bits per heavy atom. The van der Waals surface area contributed by atoms with Gasteiger partial charge in [0.2, 0.25) is 0 Å². The maximum absolute atomic E-state index is 12.4. The van der Waals surface area contributed by atoms with Crippen LogP contribution in [-0.4, -0.2) is 32.3 Å². The average Bonchev–Trinajstić information content (AvgIpc) is 3.33. The molecule has 28 heavy (non-hydrogen) atoms. The summed E-state index contributed by atoms with van der Waals surface area (Å²) in [6.07, 6.45) is 4.28. The molecule has 0 fully saturated rings. The van der Waals surface area contributed by atoms with Gasteiger partial charge in [-0.1, -0.05) is 5.16 Å². The molecule has 0 spiro atoms. The maximum Gasteiger partial charge on any atom is 0.273 e. The van der Waals surface area contributed by atoms with Crippen LogP contribution in [0.1, 0.15) is 28.2 Å². The number of nitrogens with one attached hydrogen (secondary N) is 1. The lowest BCUT2D eigenvalue weighted by Crippen LogP contribution is -2.26. The van der Waals surface area contributed by atoms with Crippen molar-refractivity contribution in [3.8, 4) is 5.75 Å². The first-order chi connectivity index (χ1) is 13.5. The number of nitro groups is 1. The zero-order valence-corrected chi connectivity index (χ0v) is 15.2. The largest absolute Gasteiger partial charge is 0.489 e. The molecule has 3 aromatic rings. The summed E-state index contributed by atoms with van der Waals surface area (Å²) >= 11 is 0. The van der Waals surface area contributed by atoms with E-state index in [1.807, 2.05) is 12.3 Å². The normalized spacial score (nSPS) is 10.6. The van der Waals surface area contributed by atoms with E-state index in [1.54, 1.807) is 17.8 Å². The van der Waals surface area contributed by atoms with Gasteiger partial charge < -0.3 is 14.6 Å². The first-order valence-corrected chi connectivity index (χ1v) is 8.62. The first-order valence-electron chi connectivity index (χ1n) is 8.62. The fourth-order valence-electron chi connectivity index (χ4n) is 2.52. The lowest BCUT2D eigenvalue weighted by molar-refractivity contribution is -0.384. The van der Waals surface area contributed by atoms with E-state index in [1.165, 1.54) is 24.3 Å². The van der Waals surface area contributed by atoms with Crippen LogP contribution in [0.25, 0.3) is 0 Å². The van der Waals surface area contributed by atoms with E-state index in [9.17, 15) is 14.9 Å². The van der Waals surface area contributed by atoms with Gasteiger partial charge in [0.1, 0.15) is 18.1 Å². The predicted molar refractivity (Wildman–Crippen MR) is 97.8 cm³/mol. The Hall–Kier alpha value is -3.69. The molecule has 1 aromatic carbocycles. The molecule has 0 radical (unpaired) electrons. The fraction of sp³-hybridized carbons (Fsp3) is 0.278. The number of nitrogens with zero attached hydrogens (tertiary/aromatic N) is 4. The molecule has 0 aliphatic carbocycles.